The highest BCUT2D eigenvalue weighted by Gasteiger charge is 2.10. The number of thiazole rings is 1. The van der Waals surface area contributed by atoms with Gasteiger partial charge in [0.25, 0.3) is 5.91 Å². The van der Waals surface area contributed by atoms with Crippen LogP contribution in [0, 0.1) is 0 Å². The van der Waals surface area contributed by atoms with Gasteiger partial charge in [-0.15, -0.1) is 0 Å². The minimum atomic E-state index is -0.280. The summed E-state index contributed by atoms with van der Waals surface area (Å²) in [6, 6.07) is 13.3. The molecule has 0 aliphatic heterocycles. The van der Waals surface area contributed by atoms with Gasteiger partial charge in [0.1, 0.15) is 5.75 Å². The number of aromatic nitrogens is 1. The molecule has 0 N–H and O–H groups in total. The second-order valence-electron chi connectivity index (χ2n) is 6.29. The van der Waals surface area contributed by atoms with Gasteiger partial charge >= 0.3 is 0 Å². The molecule has 2 aromatic carbocycles. The summed E-state index contributed by atoms with van der Waals surface area (Å²) in [4.78, 5) is 17.9. The molecule has 0 aliphatic carbocycles. The first-order valence-electron chi connectivity index (χ1n) is 9.22. The van der Waals surface area contributed by atoms with Gasteiger partial charge in [-0.05, 0) is 42.8 Å². The molecule has 0 saturated heterocycles. The largest absolute Gasteiger partial charge is 0.494 e. The molecule has 7 heteroatoms. The van der Waals surface area contributed by atoms with Crippen LogP contribution >= 0.6 is 27.3 Å². The Bertz CT molecular complexity index is 1030. The zero-order chi connectivity index (χ0) is 19.9. The SMILES string of the molecule is CCCCOc1cccc(C(=O)N=c2sc3cc(Br)ccc3n2CCOC)c1. The van der Waals surface area contributed by atoms with Crippen molar-refractivity contribution in [3.63, 3.8) is 0 Å². The second-order valence-corrected chi connectivity index (χ2v) is 8.21. The number of ether oxygens (including phenoxy) is 2. The highest BCUT2D eigenvalue weighted by molar-refractivity contribution is 9.10. The van der Waals surface area contributed by atoms with E-state index in [4.69, 9.17) is 9.47 Å². The molecule has 148 valence electrons. The molecule has 1 aromatic heterocycles. The van der Waals surface area contributed by atoms with Crippen LogP contribution in [0.4, 0.5) is 0 Å². The Morgan fingerprint density at radius 2 is 2.07 bits per heavy atom. The summed E-state index contributed by atoms with van der Waals surface area (Å²) < 4.78 is 15.0. The molecule has 3 rings (SSSR count). The quantitative estimate of drug-likeness (QED) is 0.441. The van der Waals surface area contributed by atoms with Crippen molar-refractivity contribution < 1.29 is 14.3 Å². The highest BCUT2D eigenvalue weighted by Crippen LogP contribution is 2.22. The van der Waals surface area contributed by atoms with Crippen LogP contribution in [0.3, 0.4) is 0 Å². The topological polar surface area (TPSA) is 52.8 Å². The fourth-order valence-corrected chi connectivity index (χ4v) is 4.34. The van der Waals surface area contributed by atoms with Crippen LogP contribution in [0.15, 0.2) is 51.9 Å². The number of amides is 1. The Morgan fingerprint density at radius 3 is 2.86 bits per heavy atom. The van der Waals surface area contributed by atoms with Gasteiger partial charge in [-0.1, -0.05) is 46.7 Å². The Hall–Kier alpha value is -1.96. The van der Waals surface area contributed by atoms with Crippen LogP contribution in [-0.2, 0) is 11.3 Å². The molecule has 0 unspecified atom stereocenters. The number of benzene rings is 2. The first-order valence-corrected chi connectivity index (χ1v) is 10.8. The summed E-state index contributed by atoms with van der Waals surface area (Å²) in [6.45, 7) is 3.94. The number of fused-ring (bicyclic) bond motifs is 1. The lowest BCUT2D eigenvalue weighted by atomic mass is 10.2. The summed E-state index contributed by atoms with van der Waals surface area (Å²) in [7, 11) is 1.66. The monoisotopic (exact) mass is 462 g/mol. The van der Waals surface area contributed by atoms with Crippen molar-refractivity contribution in [1.82, 2.24) is 4.57 Å². The molecular formula is C21H23BrN2O3S. The van der Waals surface area contributed by atoms with Crippen LogP contribution in [0.1, 0.15) is 30.1 Å². The Labute approximate surface area is 176 Å². The fourth-order valence-electron chi connectivity index (χ4n) is 2.74. The standard InChI is InChI=1S/C21H23BrN2O3S/c1-3-4-11-27-17-7-5-6-15(13-17)20(25)23-21-24(10-12-26-2)18-9-8-16(22)14-19(18)28-21/h5-9,13-14H,3-4,10-12H2,1-2H3. The van der Waals surface area contributed by atoms with E-state index in [9.17, 15) is 4.79 Å². The van der Waals surface area contributed by atoms with Gasteiger partial charge in [-0.25, -0.2) is 0 Å². The van der Waals surface area contributed by atoms with Crippen molar-refractivity contribution in [2.75, 3.05) is 20.3 Å². The van der Waals surface area contributed by atoms with Crippen molar-refractivity contribution >= 4 is 43.4 Å². The molecule has 0 bridgehead atoms. The Morgan fingerprint density at radius 1 is 1.21 bits per heavy atom. The van der Waals surface area contributed by atoms with Crippen molar-refractivity contribution in [3.05, 3.63) is 57.3 Å². The van der Waals surface area contributed by atoms with Crippen LogP contribution in [0.5, 0.6) is 5.75 Å². The van der Waals surface area contributed by atoms with E-state index in [1.807, 2.05) is 34.9 Å². The third kappa shape index (κ3) is 5.10. The molecule has 3 aromatic rings. The van der Waals surface area contributed by atoms with Gasteiger partial charge in [-0.3, -0.25) is 4.79 Å². The van der Waals surface area contributed by atoms with E-state index in [-0.39, 0.29) is 5.91 Å². The zero-order valence-electron chi connectivity index (χ0n) is 16.0. The number of rotatable bonds is 8. The lowest BCUT2D eigenvalue weighted by molar-refractivity contribution is 0.0997. The van der Waals surface area contributed by atoms with Crippen molar-refractivity contribution in [2.24, 2.45) is 4.99 Å². The molecule has 1 heterocycles. The summed E-state index contributed by atoms with van der Waals surface area (Å²) >= 11 is 4.99. The average Bonchev–Trinajstić information content (AvgIpc) is 3.02. The molecule has 0 fully saturated rings. The van der Waals surface area contributed by atoms with Gasteiger partial charge in [0.15, 0.2) is 4.80 Å². The second kappa shape index (κ2) is 10.0. The molecule has 28 heavy (non-hydrogen) atoms. The summed E-state index contributed by atoms with van der Waals surface area (Å²) in [6.07, 6.45) is 2.05. The van der Waals surface area contributed by atoms with Gasteiger partial charge < -0.3 is 14.0 Å². The van der Waals surface area contributed by atoms with E-state index in [0.29, 0.717) is 35.9 Å². The van der Waals surface area contributed by atoms with Crippen LogP contribution in [0.2, 0.25) is 0 Å². The Balaban J connectivity index is 1.94. The Kier molecular flexibility index (Phi) is 7.42. The van der Waals surface area contributed by atoms with Gasteiger partial charge in [-0.2, -0.15) is 4.99 Å². The van der Waals surface area contributed by atoms with Gasteiger partial charge in [0.05, 0.1) is 23.4 Å². The smallest absolute Gasteiger partial charge is 0.279 e. The zero-order valence-corrected chi connectivity index (χ0v) is 18.4. The van der Waals surface area contributed by atoms with E-state index in [2.05, 4.69) is 27.8 Å². The number of hydrogen-bond acceptors (Lipinski definition) is 4. The molecule has 0 saturated carbocycles. The third-order valence-corrected chi connectivity index (χ3v) is 5.74. The van der Waals surface area contributed by atoms with Crippen molar-refractivity contribution in [3.8, 4) is 5.75 Å². The predicted molar refractivity (Wildman–Crippen MR) is 116 cm³/mol. The highest BCUT2D eigenvalue weighted by atomic mass is 79.9. The summed E-state index contributed by atoms with van der Waals surface area (Å²) in [5.74, 6) is 0.416. The lowest BCUT2D eigenvalue weighted by Crippen LogP contribution is -2.19. The number of carbonyl (C=O) groups is 1. The normalized spacial score (nSPS) is 11.9. The van der Waals surface area contributed by atoms with Gasteiger partial charge in [0.2, 0.25) is 0 Å². The number of halogens is 1. The van der Waals surface area contributed by atoms with E-state index in [1.165, 1.54) is 11.3 Å². The van der Waals surface area contributed by atoms with E-state index in [0.717, 1.165) is 27.5 Å². The maximum Gasteiger partial charge on any atom is 0.279 e. The molecule has 0 atom stereocenters. The first kappa shape index (κ1) is 20.8. The minimum absolute atomic E-state index is 0.280. The van der Waals surface area contributed by atoms with Crippen molar-refractivity contribution in [1.29, 1.82) is 0 Å². The first-order chi connectivity index (χ1) is 13.6. The maximum absolute atomic E-state index is 12.8. The van der Waals surface area contributed by atoms with Crippen molar-refractivity contribution in [2.45, 2.75) is 26.3 Å². The number of nitrogens with zero attached hydrogens (tertiary/aromatic N) is 2. The van der Waals surface area contributed by atoms with E-state index in [1.54, 1.807) is 19.2 Å². The molecule has 5 nitrogen and oxygen atoms in total. The van der Waals surface area contributed by atoms with Gasteiger partial charge in [0, 0.05) is 23.7 Å². The minimum Gasteiger partial charge on any atom is -0.494 e. The molecule has 1 amide bonds. The van der Waals surface area contributed by atoms with Crippen LogP contribution in [-0.4, -0.2) is 30.8 Å². The molecular weight excluding hydrogens is 440 g/mol. The van der Waals surface area contributed by atoms with E-state index < -0.39 is 0 Å². The molecule has 0 radical (unpaired) electrons. The lowest BCUT2D eigenvalue weighted by Gasteiger charge is -2.06. The third-order valence-electron chi connectivity index (χ3n) is 4.21. The number of methoxy groups -OCH3 is 1. The summed E-state index contributed by atoms with van der Waals surface area (Å²) in [5, 5.41) is 0. The average molecular weight is 463 g/mol. The fraction of sp³-hybridized carbons (Fsp3) is 0.333. The predicted octanol–water partition coefficient (Wildman–Crippen LogP) is 5.03. The number of hydrogen-bond donors (Lipinski definition) is 0. The summed E-state index contributed by atoms with van der Waals surface area (Å²) in [5.41, 5.74) is 1.55. The van der Waals surface area contributed by atoms with Crippen LogP contribution < -0.4 is 9.54 Å². The van der Waals surface area contributed by atoms with E-state index >= 15 is 0 Å². The van der Waals surface area contributed by atoms with Crippen LogP contribution in [0.25, 0.3) is 10.2 Å². The number of unbranched alkanes of at least 4 members (excludes halogenated alkanes) is 1. The maximum atomic E-state index is 12.8. The molecule has 0 aliphatic rings. The molecule has 0 spiro atoms. The number of carbonyl (C=O) groups excluding carboxylic acids is 1.